The number of hydrogen-bond donors (Lipinski definition) is 1. The maximum atomic E-state index is 12.2. The van der Waals surface area contributed by atoms with Crippen LogP contribution in [0.3, 0.4) is 0 Å². The Morgan fingerprint density at radius 3 is 2.62 bits per heavy atom. The van der Waals surface area contributed by atoms with Gasteiger partial charge in [0.05, 0.1) is 12.2 Å². The molecule has 0 aliphatic rings. The van der Waals surface area contributed by atoms with Crippen molar-refractivity contribution in [1.82, 2.24) is 0 Å². The monoisotopic (exact) mass is 419 g/mol. The first-order chi connectivity index (χ1) is 12.4. The van der Waals surface area contributed by atoms with E-state index in [2.05, 4.69) is 35.1 Å². The van der Waals surface area contributed by atoms with Gasteiger partial charge in [-0.25, -0.2) is 4.79 Å². The van der Waals surface area contributed by atoms with Gasteiger partial charge in [0.25, 0.3) is 5.91 Å². The number of ether oxygens (including phenoxy) is 2. The molecule has 6 heteroatoms. The number of nitrogens with one attached hydrogen (secondary N) is 1. The zero-order valence-corrected chi connectivity index (χ0v) is 16.6. The molecule has 0 radical (unpaired) electrons. The molecule has 138 valence electrons. The number of halogens is 1. The topological polar surface area (TPSA) is 64.6 Å². The maximum absolute atomic E-state index is 12.2. The summed E-state index contributed by atoms with van der Waals surface area (Å²) in [5.41, 5.74) is 1.93. The van der Waals surface area contributed by atoms with E-state index < -0.39 is 5.97 Å². The van der Waals surface area contributed by atoms with E-state index in [4.69, 9.17) is 9.47 Å². The zero-order chi connectivity index (χ0) is 19.1. The second kappa shape index (κ2) is 9.38. The molecule has 0 atom stereocenters. The molecular formula is C20H22BrNO4. The van der Waals surface area contributed by atoms with Crippen LogP contribution in [0.1, 0.15) is 42.6 Å². The molecule has 0 unspecified atom stereocenters. The average molecular weight is 420 g/mol. The molecule has 1 N–H and O–H groups in total. The first-order valence-corrected chi connectivity index (χ1v) is 9.19. The number of anilines is 1. The lowest BCUT2D eigenvalue weighted by Crippen LogP contribution is -2.21. The van der Waals surface area contributed by atoms with Crippen LogP contribution in [0.25, 0.3) is 0 Å². The smallest absolute Gasteiger partial charge is 0.338 e. The molecule has 2 rings (SSSR count). The molecule has 0 aromatic heterocycles. The largest absolute Gasteiger partial charge is 0.483 e. The predicted molar refractivity (Wildman–Crippen MR) is 105 cm³/mol. The Hall–Kier alpha value is -2.34. The Morgan fingerprint density at radius 1 is 1.15 bits per heavy atom. The summed E-state index contributed by atoms with van der Waals surface area (Å²) in [6, 6.07) is 12.3. The van der Waals surface area contributed by atoms with Crippen LogP contribution in [0.15, 0.2) is 46.9 Å². The third kappa shape index (κ3) is 5.59. The van der Waals surface area contributed by atoms with Crippen molar-refractivity contribution < 1.29 is 19.1 Å². The fraction of sp³-hybridized carbons (Fsp3) is 0.300. The van der Waals surface area contributed by atoms with E-state index in [1.54, 1.807) is 31.2 Å². The van der Waals surface area contributed by atoms with Crippen LogP contribution in [0.2, 0.25) is 0 Å². The standard InChI is InChI=1S/C20H22BrNO4/c1-4-25-20(24)14-6-5-7-16(10-14)22-19(23)12-26-18-9-8-15(21)11-17(18)13(2)3/h5-11,13H,4,12H2,1-3H3,(H,22,23). The summed E-state index contributed by atoms with van der Waals surface area (Å²) in [6.07, 6.45) is 0. The zero-order valence-electron chi connectivity index (χ0n) is 15.0. The molecule has 2 aromatic rings. The van der Waals surface area contributed by atoms with E-state index >= 15 is 0 Å². The quantitative estimate of drug-likeness (QED) is 0.656. The number of amides is 1. The molecular weight excluding hydrogens is 398 g/mol. The van der Waals surface area contributed by atoms with Crippen molar-refractivity contribution in [3.05, 3.63) is 58.1 Å². The van der Waals surface area contributed by atoms with Crippen LogP contribution in [0, 0.1) is 0 Å². The summed E-state index contributed by atoms with van der Waals surface area (Å²) in [6.45, 7) is 6.05. The highest BCUT2D eigenvalue weighted by atomic mass is 79.9. The van der Waals surface area contributed by atoms with Crippen LogP contribution in [0.5, 0.6) is 5.75 Å². The lowest BCUT2D eigenvalue weighted by Gasteiger charge is -2.14. The number of rotatable bonds is 7. The lowest BCUT2D eigenvalue weighted by molar-refractivity contribution is -0.118. The molecule has 26 heavy (non-hydrogen) atoms. The van der Waals surface area contributed by atoms with Gasteiger partial charge in [-0.1, -0.05) is 35.8 Å². The van der Waals surface area contributed by atoms with Crippen molar-refractivity contribution in [2.24, 2.45) is 0 Å². The summed E-state index contributed by atoms with van der Waals surface area (Å²) < 4.78 is 11.6. The molecule has 0 spiro atoms. The van der Waals surface area contributed by atoms with Gasteiger partial charge >= 0.3 is 5.97 Å². The second-order valence-electron chi connectivity index (χ2n) is 5.97. The van der Waals surface area contributed by atoms with Gasteiger partial charge in [0, 0.05) is 10.2 Å². The number of esters is 1. The Labute approximate surface area is 161 Å². The Kier molecular flexibility index (Phi) is 7.21. The molecule has 0 fully saturated rings. The van der Waals surface area contributed by atoms with Gasteiger partial charge in [0.2, 0.25) is 0 Å². The normalized spacial score (nSPS) is 10.5. The van der Waals surface area contributed by atoms with E-state index in [0.717, 1.165) is 10.0 Å². The fourth-order valence-electron chi connectivity index (χ4n) is 2.38. The van der Waals surface area contributed by atoms with Crippen molar-refractivity contribution in [2.45, 2.75) is 26.7 Å². The molecule has 2 aromatic carbocycles. The second-order valence-corrected chi connectivity index (χ2v) is 6.89. The van der Waals surface area contributed by atoms with Gasteiger partial charge in [-0.15, -0.1) is 0 Å². The Bertz CT molecular complexity index is 789. The number of carbonyl (C=O) groups excluding carboxylic acids is 2. The van der Waals surface area contributed by atoms with Crippen LogP contribution in [-0.4, -0.2) is 25.1 Å². The summed E-state index contributed by atoms with van der Waals surface area (Å²) in [5.74, 6) is 0.227. The van der Waals surface area contributed by atoms with Crippen molar-refractivity contribution >= 4 is 33.5 Å². The van der Waals surface area contributed by atoms with Crippen molar-refractivity contribution in [2.75, 3.05) is 18.5 Å². The third-order valence-corrected chi connectivity index (χ3v) is 4.10. The predicted octanol–water partition coefficient (Wildman–Crippen LogP) is 4.77. The van der Waals surface area contributed by atoms with Gasteiger partial charge in [-0.3, -0.25) is 4.79 Å². The summed E-state index contributed by atoms with van der Waals surface area (Å²) in [7, 11) is 0. The molecule has 0 aliphatic heterocycles. The third-order valence-electron chi connectivity index (χ3n) is 3.61. The Balaban J connectivity index is 2.00. The van der Waals surface area contributed by atoms with Gasteiger partial charge in [0.15, 0.2) is 6.61 Å². The van der Waals surface area contributed by atoms with E-state index in [9.17, 15) is 9.59 Å². The lowest BCUT2D eigenvalue weighted by atomic mass is 10.0. The SMILES string of the molecule is CCOC(=O)c1cccc(NC(=O)COc2ccc(Br)cc2C(C)C)c1. The summed E-state index contributed by atoms with van der Waals surface area (Å²) in [4.78, 5) is 23.9. The molecule has 1 amide bonds. The summed E-state index contributed by atoms with van der Waals surface area (Å²) in [5, 5.41) is 2.73. The molecule has 0 bridgehead atoms. The van der Waals surface area contributed by atoms with Crippen molar-refractivity contribution in [3.8, 4) is 5.75 Å². The van der Waals surface area contributed by atoms with Crippen LogP contribution in [0.4, 0.5) is 5.69 Å². The van der Waals surface area contributed by atoms with Gasteiger partial charge < -0.3 is 14.8 Å². The van der Waals surface area contributed by atoms with E-state index in [1.807, 2.05) is 18.2 Å². The molecule has 5 nitrogen and oxygen atoms in total. The van der Waals surface area contributed by atoms with Gasteiger partial charge in [0.1, 0.15) is 5.75 Å². The minimum Gasteiger partial charge on any atom is -0.483 e. The van der Waals surface area contributed by atoms with E-state index in [0.29, 0.717) is 23.6 Å². The minimum atomic E-state index is -0.420. The van der Waals surface area contributed by atoms with Crippen LogP contribution < -0.4 is 10.1 Å². The first-order valence-electron chi connectivity index (χ1n) is 8.40. The summed E-state index contributed by atoms with van der Waals surface area (Å²) >= 11 is 3.45. The first kappa shape index (κ1) is 20.0. The van der Waals surface area contributed by atoms with Crippen LogP contribution >= 0.6 is 15.9 Å². The Morgan fingerprint density at radius 2 is 1.92 bits per heavy atom. The highest BCUT2D eigenvalue weighted by Crippen LogP contribution is 2.29. The fourth-order valence-corrected chi connectivity index (χ4v) is 2.76. The van der Waals surface area contributed by atoms with E-state index in [-0.39, 0.29) is 18.4 Å². The van der Waals surface area contributed by atoms with E-state index in [1.165, 1.54) is 0 Å². The number of hydrogen-bond acceptors (Lipinski definition) is 4. The molecule has 0 saturated carbocycles. The van der Waals surface area contributed by atoms with Crippen LogP contribution in [-0.2, 0) is 9.53 Å². The van der Waals surface area contributed by atoms with Gasteiger partial charge in [-0.05, 0) is 54.8 Å². The maximum Gasteiger partial charge on any atom is 0.338 e. The highest BCUT2D eigenvalue weighted by Gasteiger charge is 2.12. The molecule has 0 aliphatic carbocycles. The minimum absolute atomic E-state index is 0.120. The molecule has 0 saturated heterocycles. The number of benzene rings is 2. The van der Waals surface area contributed by atoms with Crippen molar-refractivity contribution in [1.29, 1.82) is 0 Å². The highest BCUT2D eigenvalue weighted by molar-refractivity contribution is 9.10. The van der Waals surface area contributed by atoms with Gasteiger partial charge in [-0.2, -0.15) is 0 Å². The average Bonchev–Trinajstić information content (AvgIpc) is 2.61. The number of carbonyl (C=O) groups is 2. The molecule has 0 heterocycles. The van der Waals surface area contributed by atoms with Crippen molar-refractivity contribution in [3.63, 3.8) is 0 Å².